The molecule has 7 heteroatoms. The highest BCUT2D eigenvalue weighted by Gasteiger charge is 2.29. The summed E-state index contributed by atoms with van der Waals surface area (Å²) in [6.45, 7) is 8.98. The van der Waals surface area contributed by atoms with Gasteiger partial charge in [0.1, 0.15) is 10.6 Å². The number of esters is 1. The molecule has 1 amide bonds. The maximum atomic E-state index is 12.1. The van der Waals surface area contributed by atoms with E-state index in [0.29, 0.717) is 36.2 Å². The second-order valence-corrected chi connectivity index (χ2v) is 8.00. The molecule has 1 aliphatic rings. The smallest absolute Gasteiger partial charge is 0.410 e. The minimum atomic E-state index is -0.481. The summed E-state index contributed by atoms with van der Waals surface area (Å²) in [7, 11) is 0. The Labute approximate surface area is 146 Å². The quantitative estimate of drug-likeness (QED) is 0.838. The van der Waals surface area contributed by atoms with E-state index in [0.717, 1.165) is 17.7 Å². The van der Waals surface area contributed by atoms with Crippen molar-refractivity contribution in [2.24, 2.45) is 0 Å². The molecule has 2 rings (SSSR count). The highest BCUT2D eigenvalue weighted by Crippen LogP contribution is 2.37. The van der Waals surface area contributed by atoms with Crippen LogP contribution in [0, 0.1) is 0 Å². The van der Waals surface area contributed by atoms with Gasteiger partial charge in [0, 0.05) is 18.0 Å². The van der Waals surface area contributed by atoms with Crippen LogP contribution in [0.4, 0.5) is 9.80 Å². The molecule has 24 heavy (non-hydrogen) atoms. The monoisotopic (exact) mass is 354 g/mol. The van der Waals surface area contributed by atoms with Gasteiger partial charge in [-0.2, -0.15) is 0 Å². The number of nitrogens with two attached hydrogens (primary N) is 1. The molecule has 0 unspecified atom stereocenters. The van der Waals surface area contributed by atoms with E-state index >= 15 is 0 Å². The number of likely N-dealkylation sites (tertiary alicyclic amines) is 1. The van der Waals surface area contributed by atoms with Gasteiger partial charge in [0.05, 0.1) is 12.2 Å². The van der Waals surface area contributed by atoms with Gasteiger partial charge in [-0.1, -0.05) is 0 Å². The molecule has 0 spiro atoms. The Morgan fingerprint density at radius 1 is 1.33 bits per heavy atom. The maximum absolute atomic E-state index is 12.1. The Balaban J connectivity index is 1.96. The Kier molecular flexibility index (Phi) is 5.74. The van der Waals surface area contributed by atoms with Crippen LogP contribution < -0.4 is 5.73 Å². The highest BCUT2D eigenvalue weighted by molar-refractivity contribution is 7.16. The zero-order valence-corrected chi connectivity index (χ0v) is 15.6. The Bertz CT molecular complexity index is 598. The number of piperidine rings is 1. The second-order valence-electron chi connectivity index (χ2n) is 6.89. The number of thiophene rings is 1. The van der Waals surface area contributed by atoms with Crippen molar-refractivity contribution in [1.29, 1.82) is 0 Å². The lowest BCUT2D eigenvalue weighted by molar-refractivity contribution is 0.0205. The first kappa shape index (κ1) is 18.6. The summed E-state index contributed by atoms with van der Waals surface area (Å²) in [5.41, 5.74) is 5.93. The fourth-order valence-corrected chi connectivity index (χ4v) is 3.75. The van der Waals surface area contributed by atoms with E-state index in [1.54, 1.807) is 11.8 Å². The predicted octanol–water partition coefficient (Wildman–Crippen LogP) is 3.62. The van der Waals surface area contributed by atoms with Gasteiger partial charge in [0.25, 0.3) is 0 Å². The zero-order valence-electron chi connectivity index (χ0n) is 14.8. The Hall–Kier alpha value is -1.76. The van der Waals surface area contributed by atoms with Crippen LogP contribution >= 0.6 is 11.3 Å². The molecule has 1 aliphatic heterocycles. The third kappa shape index (κ3) is 4.63. The lowest BCUT2D eigenvalue weighted by atomic mass is 9.95. The van der Waals surface area contributed by atoms with Gasteiger partial charge in [-0.25, -0.2) is 9.59 Å². The van der Waals surface area contributed by atoms with E-state index in [1.807, 2.05) is 26.8 Å². The molecule has 0 bridgehead atoms. The van der Waals surface area contributed by atoms with Crippen molar-refractivity contribution in [3.8, 4) is 0 Å². The number of ether oxygens (including phenoxy) is 2. The Morgan fingerprint density at radius 3 is 2.50 bits per heavy atom. The summed E-state index contributed by atoms with van der Waals surface area (Å²) in [6, 6.07) is 1.84. The first-order chi connectivity index (χ1) is 11.2. The van der Waals surface area contributed by atoms with Crippen molar-refractivity contribution in [3.63, 3.8) is 0 Å². The molecule has 2 N–H and O–H groups in total. The van der Waals surface area contributed by atoms with Crippen LogP contribution in [0.2, 0.25) is 0 Å². The van der Waals surface area contributed by atoms with Crippen LogP contribution in [0.15, 0.2) is 6.07 Å². The van der Waals surface area contributed by atoms with E-state index in [1.165, 1.54) is 11.3 Å². The molecule has 134 valence electrons. The fraction of sp³-hybridized carbons (Fsp3) is 0.647. The van der Waals surface area contributed by atoms with Crippen molar-refractivity contribution < 1.29 is 19.1 Å². The molecule has 0 aliphatic carbocycles. The minimum Gasteiger partial charge on any atom is -0.462 e. The Morgan fingerprint density at radius 2 is 1.96 bits per heavy atom. The zero-order chi connectivity index (χ0) is 17.9. The van der Waals surface area contributed by atoms with Gasteiger partial charge in [-0.05, 0) is 52.5 Å². The third-order valence-corrected chi connectivity index (χ3v) is 4.95. The molecule has 2 heterocycles. The predicted molar refractivity (Wildman–Crippen MR) is 94.5 cm³/mol. The maximum Gasteiger partial charge on any atom is 0.410 e. The molecule has 0 saturated carbocycles. The van der Waals surface area contributed by atoms with Gasteiger partial charge in [-0.3, -0.25) is 0 Å². The third-order valence-electron chi connectivity index (χ3n) is 3.82. The van der Waals surface area contributed by atoms with Crippen molar-refractivity contribution in [2.75, 3.05) is 25.4 Å². The van der Waals surface area contributed by atoms with Crippen LogP contribution in [-0.4, -0.2) is 42.3 Å². The van der Waals surface area contributed by atoms with Gasteiger partial charge in [0.15, 0.2) is 0 Å². The number of nitrogens with zero attached hydrogens (tertiary/aromatic N) is 1. The number of carbonyl (C=O) groups excluding carboxylic acids is 2. The molecule has 0 aromatic carbocycles. The van der Waals surface area contributed by atoms with Crippen LogP contribution in [0.1, 0.15) is 61.7 Å². The minimum absolute atomic E-state index is 0.265. The molecule has 0 radical (unpaired) electrons. The average Bonchev–Trinajstić information content (AvgIpc) is 2.88. The summed E-state index contributed by atoms with van der Waals surface area (Å²) in [6.07, 6.45) is 1.40. The topological polar surface area (TPSA) is 81.9 Å². The van der Waals surface area contributed by atoms with E-state index in [4.69, 9.17) is 15.2 Å². The van der Waals surface area contributed by atoms with E-state index in [2.05, 4.69) is 0 Å². The molecule has 1 fully saturated rings. The van der Waals surface area contributed by atoms with Crippen LogP contribution in [0.3, 0.4) is 0 Å². The van der Waals surface area contributed by atoms with Crippen molar-refractivity contribution in [2.45, 2.75) is 52.1 Å². The largest absolute Gasteiger partial charge is 0.462 e. The van der Waals surface area contributed by atoms with Gasteiger partial charge >= 0.3 is 12.1 Å². The molecule has 1 aromatic heterocycles. The molecule has 0 atom stereocenters. The van der Waals surface area contributed by atoms with Crippen LogP contribution in [0.5, 0.6) is 0 Å². The van der Waals surface area contributed by atoms with Crippen LogP contribution in [-0.2, 0) is 9.47 Å². The lowest BCUT2D eigenvalue weighted by Gasteiger charge is -2.33. The number of anilines is 1. The van der Waals surface area contributed by atoms with Crippen molar-refractivity contribution in [1.82, 2.24) is 4.90 Å². The first-order valence-corrected chi connectivity index (χ1v) is 9.07. The summed E-state index contributed by atoms with van der Waals surface area (Å²) in [4.78, 5) is 26.8. The summed E-state index contributed by atoms with van der Waals surface area (Å²) < 4.78 is 10.4. The number of rotatable bonds is 3. The highest BCUT2D eigenvalue weighted by atomic mass is 32.1. The molecule has 1 aromatic rings. The second kappa shape index (κ2) is 7.42. The van der Waals surface area contributed by atoms with Gasteiger partial charge in [0.2, 0.25) is 0 Å². The average molecular weight is 354 g/mol. The summed E-state index contributed by atoms with van der Waals surface area (Å²) >= 11 is 1.44. The normalized spacial score (nSPS) is 16.1. The first-order valence-electron chi connectivity index (χ1n) is 8.25. The van der Waals surface area contributed by atoms with Gasteiger partial charge in [-0.15, -0.1) is 11.3 Å². The number of hydrogen-bond donors (Lipinski definition) is 1. The van der Waals surface area contributed by atoms with E-state index < -0.39 is 5.60 Å². The number of nitrogen functional groups attached to an aromatic ring is 1. The SMILES string of the molecule is CCOC(=O)c1cc(C2CCN(C(=O)OC(C)(C)C)CC2)sc1N. The van der Waals surface area contributed by atoms with Crippen molar-refractivity contribution in [3.05, 3.63) is 16.5 Å². The number of amides is 1. The number of hydrogen-bond acceptors (Lipinski definition) is 6. The molecule has 6 nitrogen and oxygen atoms in total. The molecular formula is C17H26N2O4S. The standard InChI is InChI=1S/C17H26N2O4S/c1-5-22-15(20)12-10-13(24-14(12)18)11-6-8-19(9-7-11)16(21)23-17(2,3)4/h10-11H,5-9,18H2,1-4H3. The fourth-order valence-electron chi connectivity index (χ4n) is 2.67. The van der Waals surface area contributed by atoms with Crippen molar-refractivity contribution >= 4 is 28.4 Å². The summed E-state index contributed by atoms with van der Waals surface area (Å²) in [5.74, 6) is -0.0668. The summed E-state index contributed by atoms with van der Waals surface area (Å²) in [5, 5.41) is 0.498. The number of carbonyl (C=O) groups is 2. The van der Waals surface area contributed by atoms with E-state index in [9.17, 15) is 9.59 Å². The molecule has 1 saturated heterocycles. The van der Waals surface area contributed by atoms with E-state index in [-0.39, 0.29) is 12.1 Å². The molecular weight excluding hydrogens is 328 g/mol. The van der Waals surface area contributed by atoms with Crippen LogP contribution in [0.25, 0.3) is 0 Å². The lowest BCUT2D eigenvalue weighted by Crippen LogP contribution is -2.41. The van der Waals surface area contributed by atoms with Gasteiger partial charge < -0.3 is 20.1 Å².